The first kappa shape index (κ1) is 14.4. The van der Waals surface area contributed by atoms with Crippen LogP contribution in [0, 0.1) is 23.2 Å². The van der Waals surface area contributed by atoms with Crippen molar-refractivity contribution in [2.24, 2.45) is 23.2 Å². The number of nitrogens with zero attached hydrogens (tertiary/aromatic N) is 1. The Morgan fingerprint density at radius 2 is 1.70 bits per heavy atom. The third-order valence-electron chi connectivity index (χ3n) is 5.97. The van der Waals surface area contributed by atoms with Gasteiger partial charge in [-0.05, 0) is 50.4 Å². The second-order valence-electron chi connectivity index (χ2n) is 7.66. The van der Waals surface area contributed by atoms with E-state index in [1.165, 1.54) is 25.7 Å². The van der Waals surface area contributed by atoms with E-state index >= 15 is 0 Å². The number of carbonyl (C=O) groups excluding carboxylic acids is 1. The summed E-state index contributed by atoms with van der Waals surface area (Å²) < 4.78 is 5.35. The standard InChI is InChI=1S/C17H29NO2/c1-13(2)14-3-7-17(8-4-14)11-18(12-17)16(19)15-5-9-20-10-6-15/h13-15H,3-12H2,1-2H3. The van der Waals surface area contributed by atoms with E-state index in [0.717, 1.165) is 51.0 Å². The van der Waals surface area contributed by atoms with Crippen LogP contribution >= 0.6 is 0 Å². The van der Waals surface area contributed by atoms with Crippen LogP contribution in [-0.2, 0) is 9.53 Å². The molecular formula is C17H29NO2. The van der Waals surface area contributed by atoms with Crippen LogP contribution in [0.15, 0.2) is 0 Å². The van der Waals surface area contributed by atoms with Crippen molar-refractivity contribution in [3.8, 4) is 0 Å². The number of hydrogen-bond acceptors (Lipinski definition) is 2. The minimum absolute atomic E-state index is 0.244. The molecule has 0 aromatic rings. The lowest BCUT2D eigenvalue weighted by Crippen LogP contribution is -2.61. The third kappa shape index (κ3) is 2.74. The first-order valence-corrected chi connectivity index (χ1v) is 8.46. The monoisotopic (exact) mass is 279 g/mol. The zero-order valence-corrected chi connectivity index (χ0v) is 13.1. The molecule has 0 atom stereocenters. The molecule has 3 aliphatic rings. The van der Waals surface area contributed by atoms with Crippen LogP contribution in [0.3, 0.4) is 0 Å². The van der Waals surface area contributed by atoms with Crippen molar-refractivity contribution in [2.75, 3.05) is 26.3 Å². The molecule has 0 N–H and O–H groups in total. The lowest BCUT2D eigenvalue weighted by molar-refractivity contribution is -0.154. The SMILES string of the molecule is CC(C)C1CCC2(CC1)CN(C(=O)C1CCOCC1)C2. The van der Waals surface area contributed by atoms with Crippen molar-refractivity contribution in [2.45, 2.75) is 52.4 Å². The normalized spacial score (nSPS) is 27.9. The first-order chi connectivity index (χ1) is 9.60. The molecule has 2 saturated heterocycles. The molecule has 0 aromatic heterocycles. The maximum absolute atomic E-state index is 12.4. The molecule has 0 aromatic carbocycles. The minimum atomic E-state index is 0.244. The van der Waals surface area contributed by atoms with Crippen molar-refractivity contribution >= 4 is 5.91 Å². The van der Waals surface area contributed by atoms with Crippen LogP contribution in [0.1, 0.15) is 52.4 Å². The van der Waals surface area contributed by atoms with E-state index in [2.05, 4.69) is 18.7 Å². The number of amides is 1. The smallest absolute Gasteiger partial charge is 0.225 e. The molecular weight excluding hydrogens is 250 g/mol. The summed E-state index contributed by atoms with van der Waals surface area (Å²) in [4.78, 5) is 14.6. The fraction of sp³-hybridized carbons (Fsp3) is 0.941. The number of rotatable bonds is 2. The maximum atomic E-state index is 12.4. The Kier molecular flexibility index (Phi) is 4.07. The predicted octanol–water partition coefficient (Wildman–Crippen LogP) is 3.09. The summed E-state index contributed by atoms with van der Waals surface area (Å²) in [6.45, 7) is 8.31. The lowest BCUT2D eigenvalue weighted by atomic mass is 9.64. The molecule has 0 unspecified atom stereocenters. The van der Waals surface area contributed by atoms with Crippen LogP contribution < -0.4 is 0 Å². The van der Waals surface area contributed by atoms with E-state index in [0.29, 0.717) is 11.3 Å². The summed E-state index contributed by atoms with van der Waals surface area (Å²) in [5.74, 6) is 2.39. The van der Waals surface area contributed by atoms with Crippen molar-refractivity contribution in [3.05, 3.63) is 0 Å². The summed E-state index contributed by atoms with van der Waals surface area (Å²) in [5.41, 5.74) is 0.492. The number of likely N-dealkylation sites (tertiary alicyclic amines) is 1. The van der Waals surface area contributed by atoms with Crippen molar-refractivity contribution in [3.63, 3.8) is 0 Å². The molecule has 1 amide bonds. The highest BCUT2D eigenvalue weighted by molar-refractivity contribution is 5.80. The highest BCUT2D eigenvalue weighted by atomic mass is 16.5. The van der Waals surface area contributed by atoms with Gasteiger partial charge in [-0.15, -0.1) is 0 Å². The molecule has 0 bridgehead atoms. The van der Waals surface area contributed by atoms with E-state index < -0.39 is 0 Å². The Labute approximate surface area is 123 Å². The molecule has 2 aliphatic heterocycles. The fourth-order valence-electron chi connectivity index (χ4n) is 4.36. The van der Waals surface area contributed by atoms with Crippen LogP contribution in [-0.4, -0.2) is 37.1 Å². The number of ether oxygens (including phenoxy) is 1. The zero-order chi connectivity index (χ0) is 14.2. The van der Waals surface area contributed by atoms with Crippen LogP contribution in [0.5, 0.6) is 0 Å². The predicted molar refractivity (Wildman–Crippen MR) is 79.4 cm³/mol. The Bertz CT molecular complexity index is 344. The van der Waals surface area contributed by atoms with Gasteiger partial charge >= 0.3 is 0 Å². The van der Waals surface area contributed by atoms with Gasteiger partial charge in [-0.1, -0.05) is 13.8 Å². The van der Waals surface area contributed by atoms with Gasteiger partial charge in [-0.25, -0.2) is 0 Å². The molecule has 0 radical (unpaired) electrons. The molecule has 1 saturated carbocycles. The average Bonchev–Trinajstić information content (AvgIpc) is 2.45. The third-order valence-corrected chi connectivity index (χ3v) is 5.97. The van der Waals surface area contributed by atoms with Gasteiger partial charge in [0.15, 0.2) is 0 Å². The van der Waals surface area contributed by atoms with E-state index in [9.17, 15) is 4.79 Å². The Hall–Kier alpha value is -0.570. The topological polar surface area (TPSA) is 29.5 Å². The molecule has 3 rings (SSSR count). The van der Waals surface area contributed by atoms with Gasteiger partial charge in [0, 0.05) is 37.6 Å². The summed E-state index contributed by atoms with van der Waals surface area (Å²) in [6.07, 6.45) is 7.28. The van der Waals surface area contributed by atoms with Gasteiger partial charge in [0.05, 0.1) is 0 Å². The fourth-order valence-corrected chi connectivity index (χ4v) is 4.36. The summed E-state index contributed by atoms with van der Waals surface area (Å²) in [7, 11) is 0. The number of hydrogen-bond donors (Lipinski definition) is 0. The zero-order valence-electron chi connectivity index (χ0n) is 13.1. The first-order valence-electron chi connectivity index (χ1n) is 8.46. The largest absolute Gasteiger partial charge is 0.381 e. The van der Waals surface area contributed by atoms with Gasteiger partial charge in [0.1, 0.15) is 0 Å². The van der Waals surface area contributed by atoms with E-state index in [1.807, 2.05) is 0 Å². The number of carbonyl (C=O) groups is 1. The van der Waals surface area contributed by atoms with E-state index in [-0.39, 0.29) is 5.92 Å². The Morgan fingerprint density at radius 3 is 2.25 bits per heavy atom. The minimum Gasteiger partial charge on any atom is -0.381 e. The molecule has 1 spiro atoms. The van der Waals surface area contributed by atoms with Crippen LogP contribution in [0.25, 0.3) is 0 Å². The van der Waals surface area contributed by atoms with Crippen molar-refractivity contribution in [1.29, 1.82) is 0 Å². The van der Waals surface area contributed by atoms with Crippen LogP contribution in [0.4, 0.5) is 0 Å². The van der Waals surface area contributed by atoms with Crippen LogP contribution in [0.2, 0.25) is 0 Å². The molecule has 3 fully saturated rings. The highest BCUT2D eigenvalue weighted by Gasteiger charge is 2.48. The molecule has 20 heavy (non-hydrogen) atoms. The lowest BCUT2D eigenvalue weighted by Gasteiger charge is -2.54. The highest BCUT2D eigenvalue weighted by Crippen LogP contribution is 2.47. The average molecular weight is 279 g/mol. The quantitative estimate of drug-likeness (QED) is 0.777. The van der Waals surface area contributed by atoms with Crippen molar-refractivity contribution < 1.29 is 9.53 Å². The maximum Gasteiger partial charge on any atom is 0.225 e. The van der Waals surface area contributed by atoms with Gasteiger partial charge in [0.2, 0.25) is 5.91 Å². The van der Waals surface area contributed by atoms with Gasteiger partial charge in [-0.3, -0.25) is 4.79 Å². The summed E-state index contributed by atoms with van der Waals surface area (Å²) in [5, 5.41) is 0. The van der Waals surface area contributed by atoms with Crippen molar-refractivity contribution in [1.82, 2.24) is 4.90 Å². The second kappa shape index (κ2) is 5.67. The van der Waals surface area contributed by atoms with E-state index in [1.54, 1.807) is 0 Å². The molecule has 3 heteroatoms. The Morgan fingerprint density at radius 1 is 1.10 bits per heavy atom. The summed E-state index contributed by atoms with van der Waals surface area (Å²) >= 11 is 0. The van der Waals surface area contributed by atoms with Gasteiger partial charge < -0.3 is 9.64 Å². The van der Waals surface area contributed by atoms with Gasteiger partial charge in [0.25, 0.3) is 0 Å². The Balaban J connectivity index is 1.47. The van der Waals surface area contributed by atoms with Gasteiger partial charge in [-0.2, -0.15) is 0 Å². The molecule has 2 heterocycles. The molecule has 1 aliphatic carbocycles. The molecule has 3 nitrogen and oxygen atoms in total. The summed E-state index contributed by atoms with van der Waals surface area (Å²) in [6, 6.07) is 0. The molecule has 114 valence electrons. The van der Waals surface area contributed by atoms with E-state index in [4.69, 9.17) is 4.74 Å². The second-order valence-corrected chi connectivity index (χ2v) is 7.66.